The molecule has 0 saturated carbocycles. The minimum atomic E-state index is -0.158. The number of hydrogen-bond acceptors (Lipinski definition) is 5. The van der Waals surface area contributed by atoms with Gasteiger partial charge in [-0.3, -0.25) is 4.79 Å². The third-order valence-corrected chi connectivity index (χ3v) is 4.62. The first-order chi connectivity index (χ1) is 9.69. The van der Waals surface area contributed by atoms with Crippen LogP contribution in [0.3, 0.4) is 0 Å². The summed E-state index contributed by atoms with van der Waals surface area (Å²) in [4.78, 5) is 11.9. The first kappa shape index (κ1) is 15.0. The third kappa shape index (κ3) is 4.33. The van der Waals surface area contributed by atoms with Crippen molar-refractivity contribution in [1.82, 2.24) is 10.2 Å². The number of hydrogen-bond donors (Lipinski definition) is 1. The molecule has 2 aromatic rings. The molecule has 0 saturated heterocycles. The Balaban J connectivity index is 1.93. The minimum absolute atomic E-state index is 0.158. The summed E-state index contributed by atoms with van der Waals surface area (Å²) in [7, 11) is 0. The summed E-state index contributed by atoms with van der Waals surface area (Å²) in [5.41, 5.74) is 0.789. The van der Waals surface area contributed by atoms with Crippen LogP contribution in [-0.4, -0.2) is 21.9 Å². The highest BCUT2D eigenvalue weighted by atomic mass is 35.5. The van der Waals surface area contributed by atoms with Crippen LogP contribution in [0.5, 0.6) is 0 Å². The second-order valence-corrected chi connectivity index (χ2v) is 6.44. The number of aromatic nitrogens is 2. The van der Waals surface area contributed by atoms with Gasteiger partial charge in [-0.15, -0.1) is 16.8 Å². The number of thioether (sulfide) groups is 1. The highest BCUT2D eigenvalue weighted by Crippen LogP contribution is 2.25. The minimum Gasteiger partial charge on any atom is -0.300 e. The zero-order chi connectivity index (χ0) is 14.4. The number of anilines is 1. The highest BCUT2D eigenvalue weighted by Gasteiger charge is 2.10. The quantitative estimate of drug-likeness (QED) is 0.500. The Morgan fingerprint density at radius 2 is 2.25 bits per heavy atom. The Labute approximate surface area is 130 Å². The molecule has 1 heterocycles. The third-order valence-electron chi connectivity index (χ3n) is 2.29. The zero-order valence-corrected chi connectivity index (χ0v) is 12.9. The van der Waals surface area contributed by atoms with Gasteiger partial charge in [-0.1, -0.05) is 59.0 Å². The van der Waals surface area contributed by atoms with Crippen molar-refractivity contribution in [3.8, 4) is 0 Å². The van der Waals surface area contributed by atoms with E-state index in [2.05, 4.69) is 22.1 Å². The van der Waals surface area contributed by atoms with Crippen LogP contribution >= 0.6 is 34.7 Å². The first-order valence-electron chi connectivity index (χ1n) is 5.79. The Morgan fingerprint density at radius 3 is 3.00 bits per heavy atom. The molecular weight excluding hydrogens is 314 g/mol. The predicted octanol–water partition coefficient (Wildman–Crippen LogP) is 3.65. The number of carbonyl (C=O) groups excluding carboxylic acids is 1. The van der Waals surface area contributed by atoms with Gasteiger partial charge in [0.1, 0.15) is 0 Å². The van der Waals surface area contributed by atoms with Gasteiger partial charge >= 0.3 is 0 Å². The summed E-state index contributed by atoms with van der Waals surface area (Å²) in [5, 5.41) is 11.7. The van der Waals surface area contributed by atoms with Gasteiger partial charge in [0.05, 0.1) is 6.42 Å². The van der Waals surface area contributed by atoms with E-state index in [0.29, 0.717) is 10.2 Å². The van der Waals surface area contributed by atoms with Crippen LogP contribution in [0.15, 0.2) is 41.3 Å². The number of nitrogens with zero attached hydrogens (tertiary/aromatic N) is 2. The van der Waals surface area contributed by atoms with Gasteiger partial charge in [-0.25, -0.2) is 0 Å². The van der Waals surface area contributed by atoms with E-state index >= 15 is 0 Å². The lowest BCUT2D eigenvalue weighted by molar-refractivity contribution is -0.115. The molecule has 0 atom stereocenters. The summed E-state index contributed by atoms with van der Waals surface area (Å²) in [6.45, 7) is 3.64. The second-order valence-electron chi connectivity index (χ2n) is 3.79. The van der Waals surface area contributed by atoms with E-state index in [1.807, 2.05) is 18.2 Å². The fraction of sp³-hybridized carbons (Fsp3) is 0.154. The van der Waals surface area contributed by atoms with E-state index < -0.39 is 0 Å². The van der Waals surface area contributed by atoms with Crippen molar-refractivity contribution >= 4 is 45.7 Å². The van der Waals surface area contributed by atoms with Crippen molar-refractivity contribution < 1.29 is 4.79 Å². The molecule has 20 heavy (non-hydrogen) atoms. The molecule has 104 valence electrons. The maximum atomic E-state index is 11.9. The molecule has 0 spiro atoms. The molecule has 4 nitrogen and oxygen atoms in total. The highest BCUT2D eigenvalue weighted by molar-refractivity contribution is 8.01. The number of rotatable bonds is 6. The number of nitrogens with one attached hydrogen (secondary N) is 1. The van der Waals surface area contributed by atoms with Crippen LogP contribution in [0.4, 0.5) is 5.13 Å². The van der Waals surface area contributed by atoms with Gasteiger partial charge in [0.15, 0.2) is 4.34 Å². The summed E-state index contributed by atoms with van der Waals surface area (Å²) in [6.07, 6.45) is 2.01. The predicted molar refractivity (Wildman–Crippen MR) is 84.6 cm³/mol. The lowest BCUT2D eigenvalue weighted by Crippen LogP contribution is -2.14. The van der Waals surface area contributed by atoms with Crippen molar-refractivity contribution in [2.75, 3.05) is 11.1 Å². The van der Waals surface area contributed by atoms with Crippen molar-refractivity contribution in [2.45, 2.75) is 10.8 Å². The van der Waals surface area contributed by atoms with Gasteiger partial charge in [0, 0.05) is 10.8 Å². The van der Waals surface area contributed by atoms with Crippen LogP contribution in [0.25, 0.3) is 0 Å². The molecule has 2 rings (SSSR count). The van der Waals surface area contributed by atoms with E-state index in [9.17, 15) is 4.79 Å². The number of amides is 1. The maximum absolute atomic E-state index is 11.9. The Bertz CT molecular complexity index is 615. The van der Waals surface area contributed by atoms with Crippen molar-refractivity contribution in [1.29, 1.82) is 0 Å². The largest absolute Gasteiger partial charge is 0.300 e. The van der Waals surface area contributed by atoms with Crippen LogP contribution in [0, 0.1) is 0 Å². The molecular formula is C13H12ClN3OS2. The molecule has 0 bridgehead atoms. The Morgan fingerprint density at radius 1 is 1.45 bits per heavy atom. The second kappa shape index (κ2) is 7.42. The van der Waals surface area contributed by atoms with E-state index in [0.717, 1.165) is 15.7 Å². The molecule has 7 heteroatoms. The monoisotopic (exact) mass is 325 g/mol. The standard InChI is InChI=1S/C13H12ClN3OS2/c1-2-7-19-13-17-16-12(20-13)15-11(18)8-9-5-3-4-6-10(9)14/h2-6H,1,7-8H2,(H,15,16,18). The van der Waals surface area contributed by atoms with Crippen molar-refractivity contribution in [2.24, 2.45) is 0 Å². The van der Waals surface area contributed by atoms with Crippen molar-refractivity contribution in [3.63, 3.8) is 0 Å². The van der Waals surface area contributed by atoms with Crippen LogP contribution in [-0.2, 0) is 11.2 Å². The number of carbonyl (C=O) groups is 1. The summed E-state index contributed by atoms with van der Waals surface area (Å²) in [6, 6.07) is 7.27. The van der Waals surface area contributed by atoms with Gasteiger partial charge < -0.3 is 5.32 Å². The lowest BCUT2D eigenvalue weighted by atomic mass is 10.1. The topological polar surface area (TPSA) is 54.9 Å². The lowest BCUT2D eigenvalue weighted by Gasteiger charge is -2.03. The SMILES string of the molecule is C=CCSc1nnc(NC(=O)Cc2ccccc2Cl)s1. The molecule has 1 N–H and O–H groups in total. The molecule has 0 aliphatic rings. The smallest absolute Gasteiger partial charge is 0.230 e. The van der Waals surface area contributed by atoms with Gasteiger partial charge in [-0.05, 0) is 11.6 Å². The van der Waals surface area contributed by atoms with Crippen LogP contribution in [0.2, 0.25) is 5.02 Å². The van der Waals surface area contributed by atoms with Gasteiger partial charge in [0.2, 0.25) is 11.0 Å². The molecule has 1 aromatic carbocycles. The maximum Gasteiger partial charge on any atom is 0.230 e. The van der Waals surface area contributed by atoms with E-state index in [1.165, 1.54) is 23.1 Å². The van der Waals surface area contributed by atoms with Gasteiger partial charge in [0.25, 0.3) is 0 Å². The fourth-order valence-corrected chi connectivity index (χ4v) is 3.16. The van der Waals surface area contributed by atoms with Crippen LogP contribution in [0.1, 0.15) is 5.56 Å². The fourth-order valence-electron chi connectivity index (χ4n) is 1.43. The van der Waals surface area contributed by atoms with E-state index in [1.54, 1.807) is 12.1 Å². The van der Waals surface area contributed by atoms with Crippen LogP contribution < -0.4 is 5.32 Å². The number of halogens is 1. The van der Waals surface area contributed by atoms with Gasteiger partial charge in [-0.2, -0.15) is 0 Å². The molecule has 0 radical (unpaired) electrons. The average molecular weight is 326 g/mol. The molecule has 0 fully saturated rings. The normalized spacial score (nSPS) is 10.2. The van der Waals surface area contributed by atoms with Crippen molar-refractivity contribution in [3.05, 3.63) is 47.5 Å². The molecule has 0 aliphatic heterocycles. The molecule has 1 aromatic heterocycles. The summed E-state index contributed by atoms with van der Waals surface area (Å²) < 4.78 is 0.804. The summed E-state index contributed by atoms with van der Waals surface area (Å²) in [5.74, 6) is 0.608. The Hall–Kier alpha value is -1.37. The zero-order valence-electron chi connectivity index (χ0n) is 10.5. The molecule has 1 amide bonds. The van der Waals surface area contributed by atoms with E-state index in [4.69, 9.17) is 11.6 Å². The number of benzene rings is 1. The summed E-state index contributed by atoms with van der Waals surface area (Å²) >= 11 is 8.89. The first-order valence-corrected chi connectivity index (χ1v) is 7.97. The van der Waals surface area contributed by atoms with E-state index in [-0.39, 0.29) is 12.3 Å². The average Bonchev–Trinajstić information content (AvgIpc) is 2.86. The molecule has 0 unspecified atom stereocenters. The Kier molecular flexibility index (Phi) is 5.58. The molecule has 0 aliphatic carbocycles.